The lowest BCUT2D eigenvalue weighted by atomic mass is 9.67. The first kappa shape index (κ1) is 11.9. The molecule has 0 aromatic carbocycles. The van der Waals surface area contributed by atoms with Gasteiger partial charge < -0.3 is 14.2 Å². The molecule has 0 amide bonds. The molecule has 0 N–H and O–H groups in total. The van der Waals surface area contributed by atoms with Crippen LogP contribution in [0.15, 0.2) is 0 Å². The highest BCUT2D eigenvalue weighted by molar-refractivity contribution is 6.21. The van der Waals surface area contributed by atoms with Crippen LogP contribution in [-0.4, -0.2) is 35.7 Å². The Hall–Kier alpha value is -1.14. The second-order valence-electron chi connectivity index (χ2n) is 4.87. The van der Waals surface area contributed by atoms with Gasteiger partial charge in [-0.2, -0.15) is 0 Å². The van der Waals surface area contributed by atoms with E-state index in [1.807, 2.05) is 0 Å². The number of esters is 3. The summed E-state index contributed by atoms with van der Waals surface area (Å²) in [6, 6.07) is 0. The maximum atomic E-state index is 11.9. The molecule has 0 aliphatic carbocycles. The zero-order valence-corrected chi connectivity index (χ0v) is 10.4. The Kier molecular flexibility index (Phi) is 2.29. The highest BCUT2D eigenvalue weighted by Crippen LogP contribution is 2.62. The molecule has 0 saturated carbocycles. The Morgan fingerprint density at radius 1 is 1.56 bits per heavy atom. The molecule has 3 heterocycles. The number of hydrogen-bond acceptors (Lipinski definition) is 6. The highest BCUT2D eigenvalue weighted by Gasteiger charge is 2.79. The lowest BCUT2D eigenvalue weighted by Crippen LogP contribution is -2.50. The molecule has 6 nitrogen and oxygen atoms in total. The number of rotatable bonds is 2. The third kappa shape index (κ3) is 1.15. The van der Waals surface area contributed by atoms with Gasteiger partial charge in [0, 0.05) is 19.2 Å². The largest absolute Gasteiger partial charge is 0.432 e. The molecule has 3 aliphatic heterocycles. The molecule has 0 radical (unpaired) electrons. The van der Waals surface area contributed by atoms with Crippen LogP contribution in [-0.2, 0) is 28.6 Å². The van der Waals surface area contributed by atoms with Gasteiger partial charge in [-0.1, -0.05) is 0 Å². The number of cyclic esters (lactones) is 2. The van der Waals surface area contributed by atoms with Crippen molar-refractivity contribution in [2.45, 2.75) is 31.7 Å². The number of hydrogen-bond donors (Lipinski definition) is 0. The molecular weight excluding hydrogens is 264 g/mol. The van der Waals surface area contributed by atoms with Crippen LogP contribution in [0.1, 0.15) is 19.8 Å². The van der Waals surface area contributed by atoms with Gasteiger partial charge in [-0.05, 0) is 6.42 Å². The summed E-state index contributed by atoms with van der Waals surface area (Å²) < 4.78 is 15.5. The number of carbonyl (C=O) groups is 3. The molecule has 4 unspecified atom stereocenters. The van der Waals surface area contributed by atoms with E-state index < -0.39 is 41.1 Å². The Balaban J connectivity index is 2.09. The Bertz CT molecular complexity index is 462. The van der Waals surface area contributed by atoms with Crippen molar-refractivity contribution in [1.29, 1.82) is 0 Å². The van der Waals surface area contributed by atoms with E-state index in [0.717, 1.165) is 0 Å². The van der Waals surface area contributed by atoms with Crippen molar-refractivity contribution < 1.29 is 28.6 Å². The molecule has 0 aromatic heterocycles. The van der Waals surface area contributed by atoms with E-state index in [-0.39, 0.29) is 5.88 Å². The second kappa shape index (κ2) is 3.45. The van der Waals surface area contributed by atoms with Gasteiger partial charge in [0.15, 0.2) is 0 Å². The SMILES string of the molecule is CC(=O)OC12CCC(O1)C1(CCl)C(=O)OC(=O)C21. The highest BCUT2D eigenvalue weighted by atomic mass is 35.5. The van der Waals surface area contributed by atoms with Gasteiger partial charge in [0.25, 0.3) is 0 Å². The van der Waals surface area contributed by atoms with Crippen LogP contribution in [0.25, 0.3) is 0 Å². The predicted octanol–water partition coefficient (Wildman–Crippen LogP) is 0.363. The van der Waals surface area contributed by atoms with Crippen molar-refractivity contribution in [3.63, 3.8) is 0 Å². The minimum absolute atomic E-state index is 0.0874. The Morgan fingerprint density at radius 2 is 2.28 bits per heavy atom. The summed E-state index contributed by atoms with van der Waals surface area (Å²) in [5.41, 5.74) is -1.20. The van der Waals surface area contributed by atoms with Crippen molar-refractivity contribution in [3.05, 3.63) is 0 Å². The molecule has 4 atom stereocenters. The van der Waals surface area contributed by atoms with E-state index in [4.69, 9.17) is 21.1 Å². The molecule has 2 bridgehead atoms. The van der Waals surface area contributed by atoms with Gasteiger partial charge in [0.05, 0.1) is 6.10 Å². The van der Waals surface area contributed by atoms with Gasteiger partial charge in [-0.3, -0.25) is 14.4 Å². The predicted molar refractivity (Wildman–Crippen MR) is 56.3 cm³/mol. The van der Waals surface area contributed by atoms with Crippen LogP contribution in [0.2, 0.25) is 0 Å². The zero-order chi connectivity index (χ0) is 13.1. The first-order valence-electron chi connectivity index (χ1n) is 5.66. The first-order chi connectivity index (χ1) is 8.46. The van der Waals surface area contributed by atoms with Crippen LogP contribution in [0.4, 0.5) is 0 Å². The average Bonchev–Trinajstić information content (AvgIpc) is 2.87. The number of alkyl halides is 1. The Morgan fingerprint density at radius 3 is 2.89 bits per heavy atom. The topological polar surface area (TPSA) is 78.9 Å². The summed E-state index contributed by atoms with van der Waals surface area (Å²) in [4.78, 5) is 34.9. The minimum atomic E-state index is -1.38. The molecule has 18 heavy (non-hydrogen) atoms. The van der Waals surface area contributed by atoms with E-state index >= 15 is 0 Å². The molecule has 3 aliphatic rings. The fraction of sp³-hybridized carbons (Fsp3) is 0.727. The lowest BCUT2D eigenvalue weighted by Gasteiger charge is -2.33. The van der Waals surface area contributed by atoms with Crippen molar-refractivity contribution in [3.8, 4) is 0 Å². The minimum Gasteiger partial charge on any atom is -0.432 e. The van der Waals surface area contributed by atoms with Crippen molar-refractivity contribution in [2.75, 3.05) is 5.88 Å². The van der Waals surface area contributed by atoms with E-state index in [0.29, 0.717) is 12.8 Å². The van der Waals surface area contributed by atoms with Gasteiger partial charge in [-0.25, -0.2) is 0 Å². The van der Waals surface area contributed by atoms with Crippen LogP contribution in [0, 0.1) is 11.3 Å². The molecular formula is C11H11ClO6. The van der Waals surface area contributed by atoms with Crippen LogP contribution < -0.4 is 0 Å². The molecule has 98 valence electrons. The third-order valence-electron chi connectivity index (χ3n) is 3.97. The van der Waals surface area contributed by atoms with Gasteiger partial charge in [0.2, 0.25) is 5.79 Å². The van der Waals surface area contributed by atoms with Crippen LogP contribution >= 0.6 is 11.6 Å². The van der Waals surface area contributed by atoms with E-state index in [1.165, 1.54) is 6.92 Å². The third-order valence-corrected chi connectivity index (χ3v) is 4.42. The van der Waals surface area contributed by atoms with Crippen LogP contribution in [0.5, 0.6) is 0 Å². The number of halogens is 1. The summed E-state index contributed by atoms with van der Waals surface area (Å²) >= 11 is 5.88. The fourth-order valence-electron chi connectivity index (χ4n) is 3.32. The van der Waals surface area contributed by atoms with Gasteiger partial charge in [0.1, 0.15) is 11.3 Å². The lowest BCUT2D eigenvalue weighted by molar-refractivity contribution is -0.219. The monoisotopic (exact) mass is 274 g/mol. The maximum Gasteiger partial charge on any atom is 0.324 e. The van der Waals surface area contributed by atoms with Crippen LogP contribution in [0.3, 0.4) is 0 Å². The zero-order valence-electron chi connectivity index (χ0n) is 9.60. The molecule has 3 fully saturated rings. The summed E-state index contributed by atoms with van der Waals surface area (Å²) in [6.07, 6.45) is 0.361. The van der Waals surface area contributed by atoms with E-state index in [1.54, 1.807) is 0 Å². The number of carbonyl (C=O) groups excluding carboxylic acids is 3. The smallest absolute Gasteiger partial charge is 0.324 e. The molecule has 3 saturated heterocycles. The normalized spacial score (nSPS) is 45.0. The summed E-state index contributed by atoms with van der Waals surface area (Å²) in [6.45, 7) is 1.23. The molecule has 0 spiro atoms. The molecule has 0 aromatic rings. The van der Waals surface area contributed by atoms with E-state index in [9.17, 15) is 14.4 Å². The number of fused-ring (bicyclic) bond motifs is 5. The van der Waals surface area contributed by atoms with Gasteiger partial charge in [-0.15, -0.1) is 11.6 Å². The summed E-state index contributed by atoms with van der Waals surface area (Å²) in [7, 11) is 0. The summed E-state index contributed by atoms with van der Waals surface area (Å²) in [5.74, 6) is -4.37. The standard InChI is InChI=1S/C11H11ClO6/c1-5(13)17-11-3-2-6(18-11)10(4-12)7(11)8(14)16-9(10)15/h6-7H,2-4H2,1H3. The van der Waals surface area contributed by atoms with Gasteiger partial charge >= 0.3 is 17.9 Å². The fourth-order valence-corrected chi connectivity index (χ4v) is 3.76. The maximum absolute atomic E-state index is 11.9. The molecule has 3 rings (SSSR count). The van der Waals surface area contributed by atoms with Crippen molar-refractivity contribution >= 4 is 29.5 Å². The second-order valence-corrected chi connectivity index (χ2v) is 5.13. The van der Waals surface area contributed by atoms with Crippen molar-refractivity contribution in [1.82, 2.24) is 0 Å². The summed E-state index contributed by atoms with van der Waals surface area (Å²) in [5, 5.41) is 0. The van der Waals surface area contributed by atoms with E-state index in [2.05, 4.69) is 4.74 Å². The first-order valence-corrected chi connectivity index (χ1v) is 6.19. The molecule has 7 heteroatoms. The Labute approximate surface area is 107 Å². The quantitative estimate of drug-likeness (QED) is 0.411. The van der Waals surface area contributed by atoms with Crippen molar-refractivity contribution in [2.24, 2.45) is 11.3 Å². The average molecular weight is 275 g/mol. The number of ether oxygens (including phenoxy) is 3.